The molecule has 2 aliphatic heterocycles. The molecule has 3 heterocycles. The number of fused-ring (bicyclic) bond motifs is 1. The van der Waals surface area contributed by atoms with Crippen molar-refractivity contribution in [2.24, 2.45) is 0 Å². The highest BCUT2D eigenvalue weighted by Gasteiger charge is 2.29. The Morgan fingerprint density at radius 3 is 2.72 bits per heavy atom. The van der Waals surface area contributed by atoms with E-state index in [0.717, 1.165) is 44.0 Å². The number of nitrogens with zero attached hydrogens (tertiary/aromatic N) is 4. The maximum absolute atomic E-state index is 13.1. The zero-order valence-corrected chi connectivity index (χ0v) is 14.3. The topological polar surface area (TPSA) is 51.0 Å². The molecule has 1 atom stereocenters. The number of halogens is 1. The summed E-state index contributed by atoms with van der Waals surface area (Å²) >= 11 is 0. The molecular formula is C19H23FN4O. The summed E-state index contributed by atoms with van der Waals surface area (Å²) in [7, 11) is 0. The molecule has 0 bridgehead atoms. The van der Waals surface area contributed by atoms with Gasteiger partial charge >= 0.3 is 0 Å². The van der Waals surface area contributed by atoms with E-state index in [4.69, 9.17) is 0 Å². The van der Waals surface area contributed by atoms with Crippen LogP contribution in [-0.4, -0.2) is 38.7 Å². The van der Waals surface area contributed by atoms with E-state index in [1.807, 2.05) is 4.90 Å². The van der Waals surface area contributed by atoms with Crippen LogP contribution in [0.5, 0.6) is 0 Å². The summed E-state index contributed by atoms with van der Waals surface area (Å²) in [4.78, 5) is 14.6. The van der Waals surface area contributed by atoms with Gasteiger partial charge in [-0.25, -0.2) is 4.39 Å². The summed E-state index contributed by atoms with van der Waals surface area (Å²) in [5.41, 5.74) is 0.544. The van der Waals surface area contributed by atoms with Gasteiger partial charge in [-0.2, -0.15) is 0 Å². The molecule has 5 nitrogen and oxygen atoms in total. The number of likely N-dealkylation sites (tertiary alicyclic amines) is 1. The van der Waals surface area contributed by atoms with Gasteiger partial charge in [-0.3, -0.25) is 4.79 Å². The van der Waals surface area contributed by atoms with Crippen LogP contribution in [0.15, 0.2) is 24.3 Å². The third-order valence-electron chi connectivity index (χ3n) is 5.30. The Kier molecular flexibility index (Phi) is 4.51. The van der Waals surface area contributed by atoms with Crippen LogP contribution in [0, 0.1) is 5.82 Å². The lowest BCUT2D eigenvalue weighted by molar-refractivity contribution is 0.0703. The first-order valence-corrected chi connectivity index (χ1v) is 9.19. The molecule has 132 valence electrons. The number of aryl methyl sites for hydroxylation is 1. The molecule has 1 fully saturated rings. The second kappa shape index (κ2) is 6.94. The van der Waals surface area contributed by atoms with Crippen molar-refractivity contribution in [3.63, 3.8) is 0 Å². The average Bonchev–Trinajstić information content (AvgIpc) is 2.90. The number of benzene rings is 1. The van der Waals surface area contributed by atoms with Crippen molar-refractivity contribution in [1.29, 1.82) is 0 Å². The molecule has 1 amide bonds. The molecule has 25 heavy (non-hydrogen) atoms. The molecule has 0 radical (unpaired) electrons. The van der Waals surface area contributed by atoms with E-state index >= 15 is 0 Å². The van der Waals surface area contributed by atoms with E-state index in [1.165, 1.54) is 31.4 Å². The largest absolute Gasteiger partial charge is 0.338 e. The monoisotopic (exact) mass is 342 g/mol. The van der Waals surface area contributed by atoms with Crippen LogP contribution < -0.4 is 0 Å². The third kappa shape index (κ3) is 3.30. The number of carbonyl (C=O) groups is 1. The van der Waals surface area contributed by atoms with Crippen LogP contribution in [0.4, 0.5) is 4.39 Å². The molecule has 0 spiro atoms. The van der Waals surface area contributed by atoms with Gasteiger partial charge in [0.25, 0.3) is 5.91 Å². The molecule has 0 saturated carbocycles. The highest BCUT2D eigenvalue weighted by atomic mass is 19.1. The lowest BCUT2D eigenvalue weighted by atomic mass is 9.96. The number of piperidine rings is 1. The summed E-state index contributed by atoms with van der Waals surface area (Å²) in [6.07, 6.45) is 6.58. The highest BCUT2D eigenvalue weighted by molar-refractivity contribution is 5.94. The van der Waals surface area contributed by atoms with Crippen molar-refractivity contribution in [1.82, 2.24) is 19.7 Å². The average molecular weight is 342 g/mol. The second-order valence-corrected chi connectivity index (χ2v) is 7.03. The van der Waals surface area contributed by atoms with Crippen molar-refractivity contribution in [3.05, 3.63) is 47.3 Å². The van der Waals surface area contributed by atoms with Gasteiger partial charge in [0.2, 0.25) is 0 Å². The Morgan fingerprint density at radius 2 is 1.88 bits per heavy atom. The Hall–Kier alpha value is -2.24. The fraction of sp³-hybridized carbons (Fsp3) is 0.526. The minimum absolute atomic E-state index is 0.0275. The zero-order chi connectivity index (χ0) is 17.2. The van der Waals surface area contributed by atoms with Gasteiger partial charge in [-0.15, -0.1) is 10.2 Å². The molecule has 2 aliphatic rings. The van der Waals surface area contributed by atoms with Crippen LogP contribution in [0.3, 0.4) is 0 Å². The summed E-state index contributed by atoms with van der Waals surface area (Å²) in [6, 6.07) is 5.80. The molecule has 4 rings (SSSR count). The fourth-order valence-electron chi connectivity index (χ4n) is 3.96. The maximum Gasteiger partial charge on any atom is 0.253 e. The molecule has 1 aromatic heterocycles. The van der Waals surface area contributed by atoms with Gasteiger partial charge in [0.1, 0.15) is 17.5 Å². The highest BCUT2D eigenvalue weighted by Crippen LogP contribution is 2.28. The number of hydrogen-bond acceptors (Lipinski definition) is 3. The van der Waals surface area contributed by atoms with Gasteiger partial charge in [-0.05, 0) is 49.9 Å². The van der Waals surface area contributed by atoms with Gasteiger partial charge in [0.15, 0.2) is 0 Å². The van der Waals surface area contributed by atoms with Gasteiger partial charge in [-0.1, -0.05) is 6.42 Å². The summed E-state index contributed by atoms with van der Waals surface area (Å²) < 4.78 is 15.4. The molecule has 0 aliphatic carbocycles. The maximum atomic E-state index is 13.1. The normalized spacial score (nSPS) is 20.8. The number of aromatic nitrogens is 3. The van der Waals surface area contributed by atoms with Crippen molar-refractivity contribution < 1.29 is 9.18 Å². The van der Waals surface area contributed by atoms with E-state index in [0.29, 0.717) is 12.1 Å². The Bertz CT molecular complexity index is 755. The van der Waals surface area contributed by atoms with Crippen LogP contribution in [0.2, 0.25) is 0 Å². The smallest absolute Gasteiger partial charge is 0.253 e. The lowest BCUT2D eigenvalue weighted by Crippen LogP contribution is -2.39. The Labute approximate surface area is 146 Å². The van der Waals surface area contributed by atoms with Gasteiger partial charge in [0.05, 0.1) is 0 Å². The predicted molar refractivity (Wildman–Crippen MR) is 91.9 cm³/mol. The van der Waals surface area contributed by atoms with Gasteiger partial charge < -0.3 is 9.47 Å². The molecule has 1 aromatic carbocycles. The number of rotatable bonds is 2. The van der Waals surface area contributed by atoms with E-state index < -0.39 is 0 Å². The standard InChI is InChI=1S/C19H23FN4O/c20-16-9-7-14(8-10-16)19(25)23-11-4-5-15(13-23)18-22-21-17-6-2-1-3-12-24(17)18/h7-10,15H,1-6,11-13H2. The molecule has 1 unspecified atom stereocenters. The summed E-state index contributed by atoms with van der Waals surface area (Å²) in [5.74, 6) is 2.01. The third-order valence-corrected chi connectivity index (χ3v) is 5.30. The predicted octanol–water partition coefficient (Wildman–Crippen LogP) is 3.16. The minimum atomic E-state index is -0.320. The van der Waals surface area contributed by atoms with Crippen LogP contribution in [0.1, 0.15) is 60.0 Å². The molecule has 1 saturated heterocycles. The summed E-state index contributed by atoms with van der Waals surface area (Å²) in [6.45, 7) is 2.39. The SMILES string of the molecule is O=C(c1ccc(F)cc1)N1CCCC(c2nnc3n2CCCCC3)C1. The first-order valence-electron chi connectivity index (χ1n) is 9.19. The van der Waals surface area contributed by atoms with Crippen molar-refractivity contribution in [3.8, 4) is 0 Å². The lowest BCUT2D eigenvalue weighted by Gasteiger charge is -2.32. The molecule has 6 heteroatoms. The minimum Gasteiger partial charge on any atom is -0.338 e. The first-order chi connectivity index (χ1) is 12.2. The van der Waals surface area contributed by atoms with E-state index in [-0.39, 0.29) is 17.6 Å². The van der Waals surface area contributed by atoms with Crippen LogP contribution in [-0.2, 0) is 13.0 Å². The Morgan fingerprint density at radius 1 is 1.04 bits per heavy atom. The second-order valence-electron chi connectivity index (χ2n) is 7.03. The number of hydrogen-bond donors (Lipinski definition) is 0. The summed E-state index contributed by atoms with van der Waals surface area (Å²) in [5, 5.41) is 8.86. The van der Waals surface area contributed by atoms with Crippen molar-refractivity contribution >= 4 is 5.91 Å². The number of carbonyl (C=O) groups excluding carboxylic acids is 1. The molecular weight excluding hydrogens is 319 g/mol. The van der Waals surface area contributed by atoms with E-state index in [2.05, 4.69) is 14.8 Å². The van der Waals surface area contributed by atoms with Crippen molar-refractivity contribution in [2.45, 2.75) is 51.0 Å². The number of amides is 1. The Balaban J connectivity index is 1.52. The molecule has 0 N–H and O–H groups in total. The van der Waals surface area contributed by atoms with Crippen LogP contribution in [0.25, 0.3) is 0 Å². The fourth-order valence-corrected chi connectivity index (χ4v) is 3.96. The van der Waals surface area contributed by atoms with Gasteiger partial charge in [0, 0.05) is 37.5 Å². The first kappa shape index (κ1) is 16.2. The van der Waals surface area contributed by atoms with Crippen LogP contribution >= 0.6 is 0 Å². The molecule has 2 aromatic rings. The zero-order valence-electron chi connectivity index (χ0n) is 14.3. The van der Waals surface area contributed by atoms with E-state index in [9.17, 15) is 9.18 Å². The van der Waals surface area contributed by atoms with E-state index in [1.54, 1.807) is 12.1 Å². The quantitative estimate of drug-likeness (QED) is 0.842. The van der Waals surface area contributed by atoms with Crippen molar-refractivity contribution in [2.75, 3.05) is 13.1 Å².